The predicted octanol–water partition coefficient (Wildman–Crippen LogP) is 2.90. The third-order valence-corrected chi connectivity index (χ3v) is 3.02. The van der Waals surface area contributed by atoms with Crippen LogP contribution in [0.1, 0.15) is 38.7 Å². The maximum Gasteiger partial charge on any atom is 0.414 e. The average molecular weight is 275 g/mol. The second kappa shape index (κ2) is 5.53. The average Bonchev–Trinajstić information content (AvgIpc) is 2.37. The summed E-state index contributed by atoms with van der Waals surface area (Å²) < 4.78 is 5.34. The molecular weight excluding hydrogens is 254 g/mol. The summed E-state index contributed by atoms with van der Waals surface area (Å²) in [6.45, 7) is 6.21. The Kier molecular flexibility index (Phi) is 3.97. The van der Waals surface area contributed by atoms with Gasteiger partial charge in [-0.25, -0.2) is 4.79 Å². The highest BCUT2D eigenvalue weighted by atomic mass is 16.6. The number of ether oxygens (including phenoxy) is 1. The molecule has 0 saturated heterocycles. The smallest absolute Gasteiger partial charge is 0.414 e. The van der Waals surface area contributed by atoms with Gasteiger partial charge in [-0.3, -0.25) is 9.88 Å². The lowest BCUT2D eigenvalue weighted by molar-refractivity contribution is 0.0324. The zero-order valence-electron chi connectivity index (χ0n) is 12.2. The molecule has 0 fully saturated rings. The topological polar surface area (TPSA) is 68.5 Å². The van der Waals surface area contributed by atoms with E-state index in [0.29, 0.717) is 12.2 Å². The molecule has 1 atom stereocenters. The lowest BCUT2D eigenvalue weighted by Gasteiger charge is -2.29. The predicted molar refractivity (Wildman–Crippen MR) is 78.1 cm³/mol. The van der Waals surface area contributed by atoms with Gasteiger partial charge in [-0.15, -0.1) is 0 Å². The van der Waals surface area contributed by atoms with Gasteiger partial charge in [0.15, 0.2) is 0 Å². The molecule has 2 rings (SSSR count). The first kappa shape index (κ1) is 14.4. The van der Waals surface area contributed by atoms with Crippen molar-refractivity contribution >= 4 is 11.8 Å². The zero-order chi connectivity index (χ0) is 14.8. The molecule has 5 nitrogen and oxygen atoms in total. The molecule has 0 saturated carbocycles. The van der Waals surface area contributed by atoms with E-state index < -0.39 is 5.60 Å². The molecule has 0 spiro atoms. The monoisotopic (exact) mass is 275 g/mol. The molecule has 1 aromatic rings. The molecule has 1 aliphatic rings. The number of carbonyl (C=O) groups is 1. The molecule has 2 N–H and O–H groups in total. The van der Waals surface area contributed by atoms with Crippen LogP contribution in [0.5, 0.6) is 0 Å². The zero-order valence-corrected chi connectivity index (χ0v) is 12.2. The van der Waals surface area contributed by atoms with E-state index in [2.05, 4.69) is 4.98 Å². The van der Waals surface area contributed by atoms with Crippen molar-refractivity contribution in [3.63, 3.8) is 0 Å². The van der Waals surface area contributed by atoms with E-state index in [1.165, 1.54) is 0 Å². The van der Waals surface area contributed by atoms with Gasteiger partial charge in [0.2, 0.25) is 0 Å². The molecule has 1 aliphatic heterocycles. The van der Waals surface area contributed by atoms with E-state index in [1.807, 2.05) is 39.1 Å². The minimum absolute atomic E-state index is 0.240. The van der Waals surface area contributed by atoms with Gasteiger partial charge in [-0.1, -0.05) is 6.08 Å². The van der Waals surface area contributed by atoms with Crippen LogP contribution in [0.15, 0.2) is 30.7 Å². The van der Waals surface area contributed by atoms with Crippen molar-refractivity contribution in [1.82, 2.24) is 9.88 Å². The van der Waals surface area contributed by atoms with Crippen molar-refractivity contribution in [3.05, 3.63) is 36.3 Å². The molecule has 1 unspecified atom stereocenters. The molecule has 2 heterocycles. The summed E-state index contributed by atoms with van der Waals surface area (Å²) in [6.07, 6.45) is 7.74. The second-order valence-electron chi connectivity index (χ2n) is 5.96. The lowest BCUT2D eigenvalue weighted by atomic mass is 9.95. The van der Waals surface area contributed by atoms with E-state index in [9.17, 15) is 4.79 Å². The van der Waals surface area contributed by atoms with Gasteiger partial charge in [-0.05, 0) is 38.8 Å². The maximum atomic E-state index is 11.9. The molecule has 20 heavy (non-hydrogen) atoms. The Balaban J connectivity index is 2.02. The number of pyridine rings is 1. The number of nitrogens with two attached hydrogens (primary N) is 1. The van der Waals surface area contributed by atoms with E-state index in [-0.39, 0.29) is 12.0 Å². The SMILES string of the molecule is CC(C)(C)OC(=O)N1C=CC(c2cncc(N)c2)CC1. The van der Waals surface area contributed by atoms with Crippen LogP contribution in [0.4, 0.5) is 10.5 Å². The molecule has 0 bridgehead atoms. The number of hydrogen-bond donors (Lipinski definition) is 1. The van der Waals surface area contributed by atoms with Crippen molar-refractivity contribution in [2.24, 2.45) is 0 Å². The first-order chi connectivity index (χ1) is 9.35. The third-order valence-electron chi connectivity index (χ3n) is 3.02. The van der Waals surface area contributed by atoms with E-state index in [0.717, 1.165) is 12.0 Å². The van der Waals surface area contributed by atoms with Crippen molar-refractivity contribution in [2.45, 2.75) is 38.7 Å². The van der Waals surface area contributed by atoms with E-state index >= 15 is 0 Å². The van der Waals surface area contributed by atoms with Crippen LogP contribution >= 0.6 is 0 Å². The van der Waals surface area contributed by atoms with E-state index in [1.54, 1.807) is 17.3 Å². The molecule has 5 heteroatoms. The number of hydrogen-bond acceptors (Lipinski definition) is 4. The summed E-state index contributed by atoms with van der Waals surface area (Å²) in [5.41, 5.74) is 7.00. The number of amides is 1. The van der Waals surface area contributed by atoms with Gasteiger partial charge < -0.3 is 10.5 Å². The molecule has 0 aromatic carbocycles. The van der Waals surface area contributed by atoms with Crippen LogP contribution < -0.4 is 5.73 Å². The number of anilines is 1. The Morgan fingerprint density at radius 2 is 2.20 bits per heavy atom. The van der Waals surface area contributed by atoms with Crippen LogP contribution in [0, 0.1) is 0 Å². The van der Waals surface area contributed by atoms with Crippen molar-refractivity contribution in [2.75, 3.05) is 12.3 Å². The molecule has 108 valence electrons. The van der Waals surface area contributed by atoms with Crippen LogP contribution in [0.3, 0.4) is 0 Å². The van der Waals surface area contributed by atoms with Crippen LogP contribution in [-0.2, 0) is 4.74 Å². The fraction of sp³-hybridized carbons (Fsp3) is 0.467. The standard InChI is InChI=1S/C15H21N3O2/c1-15(2,3)20-14(19)18-6-4-11(5-7-18)12-8-13(16)10-17-9-12/h4,6,8-11H,5,7,16H2,1-3H3. The summed E-state index contributed by atoms with van der Waals surface area (Å²) in [7, 11) is 0. The Hall–Kier alpha value is -2.04. The fourth-order valence-electron chi connectivity index (χ4n) is 2.09. The Morgan fingerprint density at radius 3 is 2.75 bits per heavy atom. The van der Waals surface area contributed by atoms with Gasteiger partial charge >= 0.3 is 6.09 Å². The Bertz CT molecular complexity index is 520. The lowest BCUT2D eigenvalue weighted by Crippen LogP contribution is -2.36. The first-order valence-electron chi connectivity index (χ1n) is 6.73. The Labute approximate surface area is 119 Å². The Morgan fingerprint density at radius 1 is 1.45 bits per heavy atom. The number of nitrogens with zero attached hydrogens (tertiary/aromatic N) is 2. The highest BCUT2D eigenvalue weighted by Crippen LogP contribution is 2.26. The van der Waals surface area contributed by atoms with Crippen LogP contribution in [0.2, 0.25) is 0 Å². The van der Waals surface area contributed by atoms with Gasteiger partial charge in [0, 0.05) is 31.1 Å². The number of allylic oxidation sites excluding steroid dienone is 1. The van der Waals surface area contributed by atoms with Crippen molar-refractivity contribution in [1.29, 1.82) is 0 Å². The molecule has 1 amide bonds. The quantitative estimate of drug-likeness (QED) is 0.855. The highest BCUT2D eigenvalue weighted by molar-refractivity contribution is 5.69. The van der Waals surface area contributed by atoms with Crippen molar-refractivity contribution in [3.8, 4) is 0 Å². The van der Waals surface area contributed by atoms with Gasteiger partial charge in [0.25, 0.3) is 0 Å². The van der Waals surface area contributed by atoms with Crippen LogP contribution in [0.25, 0.3) is 0 Å². The third kappa shape index (κ3) is 3.73. The molecule has 0 aliphatic carbocycles. The molecule has 0 radical (unpaired) electrons. The summed E-state index contributed by atoms with van der Waals surface area (Å²) in [6, 6.07) is 1.92. The van der Waals surface area contributed by atoms with Crippen LogP contribution in [-0.4, -0.2) is 28.1 Å². The summed E-state index contributed by atoms with van der Waals surface area (Å²) in [5.74, 6) is 0.240. The molecule has 1 aromatic heterocycles. The number of aromatic nitrogens is 1. The molecular formula is C15H21N3O2. The maximum absolute atomic E-state index is 11.9. The minimum atomic E-state index is -0.473. The summed E-state index contributed by atoms with van der Waals surface area (Å²) in [4.78, 5) is 17.6. The summed E-state index contributed by atoms with van der Waals surface area (Å²) >= 11 is 0. The van der Waals surface area contributed by atoms with Gasteiger partial charge in [-0.2, -0.15) is 0 Å². The van der Waals surface area contributed by atoms with Gasteiger partial charge in [0.1, 0.15) is 5.60 Å². The number of rotatable bonds is 1. The normalized spacial score (nSPS) is 18.9. The summed E-state index contributed by atoms with van der Waals surface area (Å²) in [5, 5.41) is 0. The largest absolute Gasteiger partial charge is 0.443 e. The number of carbonyl (C=O) groups excluding carboxylic acids is 1. The fourth-order valence-corrected chi connectivity index (χ4v) is 2.09. The first-order valence-corrected chi connectivity index (χ1v) is 6.73. The van der Waals surface area contributed by atoms with E-state index in [4.69, 9.17) is 10.5 Å². The van der Waals surface area contributed by atoms with Gasteiger partial charge in [0.05, 0.1) is 5.69 Å². The van der Waals surface area contributed by atoms with Crippen molar-refractivity contribution < 1.29 is 9.53 Å². The highest BCUT2D eigenvalue weighted by Gasteiger charge is 2.24. The minimum Gasteiger partial charge on any atom is -0.443 e. The second-order valence-corrected chi connectivity index (χ2v) is 5.96. The number of nitrogen functional groups attached to an aromatic ring is 1.